The van der Waals surface area contributed by atoms with Gasteiger partial charge in [-0.25, -0.2) is 4.79 Å². The monoisotopic (exact) mass is 474 g/mol. The smallest absolute Gasteiger partial charge is 0.341 e. The number of hydrogen-bond acceptors (Lipinski definition) is 7. The number of nitrogens with one attached hydrogen (secondary N) is 1. The average molecular weight is 475 g/mol. The number of esters is 1. The van der Waals surface area contributed by atoms with Gasteiger partial charge in [0.1, 0.15) is 23.1 Å². The predicted octanol–water partition coefficient (Wildman–Crippen LogP) is 5.58. The maximum Gasteiger partial charge on any atom is 0.341 e. The van der Waals surface area contributed by atoms with Gasteiger partial charge in [-0.3, -0.25) is 4.79 Å². The Balaban J connectivity index is 1.59. The van der Waals surface area contributed by atoms with Crippen LogP contribution in [0.15, 0.2) is 28.8 Å². The van der Waals surface area contributed by atoms with Crippen LogP contribution in [0.1, 0.15) is 61.9 Å². The van der Waals surface area contributed by atoms with Crippen molar-refractivity contribution < 1.29 is 23.6 Å². The van der Waals surface area contributed by atoms with Gasteiger partial charge >= 0.3 is 5.97 Å². The molecule has 1 aliphatic carbocycles. The second-order valence-corrected chi connectivity index (χ2v) is 9.01. The van der Waals surface area contributed by atoms with E-state index in [-0.39, 0.29) is 12.3 Å². The lowest BCUT2D eigenvalue weighted by atomic mass is 10.1. The summed E-state index contributed by atoms with van der Waals surface area (Å²) in [5.41, 5.74) is 2.04. The maximum absolute atomic E-state index is 13.1. The van der Waals surface area contributed by atoms with Crippen molar-refractivity contribution in [2.24, 2.45) is 0 Å². The number of amides is 1. The van der Waals surface area contributed by atoms with Gasteiger partial charge in [-0.1, -0.05) is 35.3 Å². The first kappa shape index (κ1) is 22.4. The van der Waals surface area contributed by atoms with Crippen molar-refractivity contribution >= 4 is 39.8 Å². The van der Waals surface area contributed by atoms with Gasteiger partial charge in [0.25, 0.3) is 5.91 Å². The number of ether oxygens (including phenoxy) is 2. The van der Waals surface area contributed by atoms with Crippen LogP contribution in [-0.4, -0.2) is 24.1 Å². The average Bonchev–Trinajstić information content (AvgIpc) is 3.23. The number of hydrogen-bond donors (Lipinski definition) is 1. The number of para-hydroxylation sites is 1. The number of anilines is 1. The predicted molar refractivity (Wildman–Crippen MR) is 122 cm³/mol. The molecule has 168 valence electrons. The highest BCUT2D eigenvalue weighted by molar-refractivity contribution is 7.17. The zero-order valence-electron chi connectivity index (χ0n) is 17.8. The number of carbonyl (C=O) groups excluding carboxylic acids is 2. The molecule has 4 rings (SSSR count). The summed E-state index contributed by atoms with van der Waals surface area (Å²) in [7, 11) is 1.35. The summed E-state index contributed by atoms with van der Waals surface area (Å²) in [6.07, 6.45) is 4.88. The summed E-state index contributed by atoms with van der Waals surface area (Å²) in [4.78, 5) is 26.8. The van der Waals surface area contributed by atoms with E-state index in [1.807, 2.05) is 6.07 Å². The minimum Gasteiger partial charge on any atom is -0.487 e. The minimum atomic E-state index is -0.471. The molecule has 1 aliphatic rings. The first-order chi connectivity index (χ1) is 15.5. The van der Waals surface area contributed by atoms with Crippen LogP contribution in [0.3, 0.4) is 0 Å². The van der Waals surface area contributed by atoms with Crippen molar-refractivity contribution in [3.05, 3.63) is 62.3 Å². The zero-order valence-corrected chi connectivity index (χ0v) is 19.4. The molecule has 0 fully saturated rings. The van der Waals surface area contributed by atoms with Gasteiger partial charge in [-0.15, -0.1) is 11.3 Å². The fourth-order valence-electron chi connectivity index (χ4n) is 3.76. The number of aryl methyl sites for hydroxylation is 2. The number of benzene rings is 1. The molecule has 1 N–H and O–H groups in total. The number of carbonyl (C=O) groups is 2. The topological polar surface area (TPSA) is 90.7 Å². The molecule has 9 heteroatoms. The summed E-state index contributed by atoms with van der Waals surface area (Å²) in [6.45, 7) is 1.77. The molecule has 0 radical (unpaired) electrons. The highest BCUT2D eigenvalue weighted by Gasteiger charge is 2.28. The standard InChI is InChI=1S/C23H23ClN2O5S/c1-13-15(12-30-17-10-7-6-9-16(17)24)20(26-31-13)21(27)25-22-19(23(28)29-2)14-8-4-3-5-11-18(14)32-22/h6-7,9-10H,3-5,8,11-12H2,1-2H3,(H,25,27). The van der Waals surface area contributed by atoms with E-state index in [2.05, 4.69) is 10.5 Å². The Kier molecular flexibility index (Phi) is 6.81. The van der Waals surface area contributed by atoms with Gasteiger partial charge in [0.2, 0.25) is 0 Å². The van der Waals surface area contributed by atoms with Crippen LogP contribution in [0.2, 0.25) is 5.02 Å². The number of thiophene rings is 1. The summed E-state index contributed by atoms with van der Waals surface area (Å²) < 4.78 is 16.0. The van der Waals surface area contributed by atoms with Gasteiger partial charge in [-0.2, -0.15) is 0 Å². The van der Waals surface area contributed by atoms with Crippen molar-refractivity contribution in [3.63, 3.8) is 0 Å². The number of halogens is 1. The first-order valence-corrected chi connectivity index (χ1v) is 11.6. The molecule has 1 amide bonds. The third-order valence-electron chi connectivity index (χ3n) is 5.45. The van der Waals surface area contributed by atoms with Crippen LogP contribution in [-0.2, 0) is 24.2 Å². The minimum absolute atomic E-state index is 0.0621. The van der Waals surface area contributed by atoms with Crippen LogP contribution in [0, 0.1) is 6.92 Å². The molecule has 0 saturated heterocycles. The quantitative estimate of drug-likeness (QED) is 0.370. The molecule has 1 aromatic carbocycles. The van der Waals surface area contributed by atoms with Gasteiger partial charge in [-0.05, 0) is 50.3 Å². The molecular formula is C23H23ClN2O5S. The Bertz CT molecular complexity index is 1150. The van der Waals surface area contributed by atoms with Crippen molar-refractivity contribution in [2.75, 3.05) is 12.4 Å². The Morgan fingerprint density at radius 3 is 2.78 bits per heavy atom. The summed E-state index contributed by atoms with van der Waals surface area (Å²) in [5.74, 6) is 0.0490. The van der Waals surface area contributed by atoms with Crippen LogP contribution < -0.4 is 10.1 Å². The fraction of sp³-hybridized carbons (Fsp3) is 0.348. The highest BCUT2D eigenvalue weighted by Crippen LogP contribution is 2.38. The molecule has 32 heavy (non-hydrogen) atoms. The highest BCUT2D eigenvalue weighted by atomic mass is 35.5. The van der Waals surface area contributed by atoms with Gasteiger partial charge < -0.3 is 19.3 Å². The van der Waals surface area contributed by atoms with E-state index in [1.54, 1.807) is 25.1 Å². The van der Waals surface area contributed by atoms with E-state index < -0.39 is 11.9 Å². The Morgan fingerprint density at radius 2 is 2.00 bits per heavy atom. The third-order valence-corrected chi connectivity index (χ3v) is 6.97. The van der Waals surface area contributed by atoms with E-state index in [1.165, 1.54) is 18.4 Å². The second-order valence-electron chi connectivity index (χ2n) is 7.50. The first-order valence-electron chi connectivity index (χ1n) is 10.4. The van der Waals surface area contributed by atoms with Crippen LogP contribution in [0.5, 0.6) is 5.75 Å². The largest absolute Gasteiger partial charge is 0.487 e. The Hall–Kier alpha value is -2.84. The van der Waals surface area contributed by atoms with Crippen molar-refractivity contribution in [1.29, 1.82) is 0 Å². The molecule has 3 aromatic rings. The van der Waals surface area contributed by atoms with Crippen LogP contribution in [0.4, 0.5) is 5.00 Å². The van der Waals surface area contributed by atoms with E-state index in [9.17, 15) is 9.59 Å². The van der Waals surface area contributed by atoms with E-state index in [0.29, 0.717) is 32.7 Å². The molecule has 0 atom stereocenters. The molecule has 7 nitrogen and oxygen atoms in total. The number of rotatable bonds is 6. The molecule has 0 aliphatic heterocycles. The summed E-state index contributed by atoms with van der Waals surface area (Å²) >= 11 is 7.58. The van der Waals surface area contributed by atoms with E-state index in [4.69, 9.17) is 25.6 Å². The molecule has 0 saturated carbocycles. The summed E-state index contributed by atoms with van der Waals surface area (Å²) in [5, 5.41) is 7.73. The van der Waals surface area contributed by atoms with Crippen LogP contribution >= 0.6 is 22.9 Å². The third kappa shape index (κ3) is 4.52. The van der Waals surface area contributed by atoms with Crippen molar-refractivity contribution in [3.8, 4) is 5.75 Å². The lowest BCUT2D eigenvalue weighted by Gasteiger charge is -2.09. The lowest BCUT2D eigenvalue weighted by molar-refractivity contribution is 0.0601. The zero-order chi connectivity index (χ0) is 22.7. The van der Waals surface area contributed by atoms with Crippen molar-refractivity contribution in [2.45, 2.75) is 45.6 Å². The molecule has 2 aromatic heterocycles. The Labute approximate surface area is 194 Å². The molecule has 2 heterocycles. The number of aromatic nitrogens is 1. The normalized spacial score (nSPS) is 13.2. The molecule has 0 bridgehead atoms. The van der Waals surface area contributed by atoms with Gasteiger partial charge in [0, 0.05) is 4.88 Å². The maximum atomic E-state index is 13.1. The SMILES string of the molecule is COC(=O)c1c(NC(=O)c2noc(C)c2COc2ccccc2Cl)sc2c1CCCCC2. The Morgan fingerprint density at radius 1 is 1.22 bits per heavy atom. The van der Waals surface area contributed by atoms with Crippen molar-refractivity contribution in [1.82, 2.24) is 5.16 Å². The second kappa shape index (κ2) is 9.75. The molecule has 0 unspecified atom stereocenters. The lowest BCUT2D eigenvalue weighted by Crippen LogP contribution is -2.17. The number of nitrogens with zero attached hydrogens (tertiary/aromatic N) is 1. The summed E-state index contributed by atoms with van der Waals surface area (Å²) in [6, 6.07) is 7.08. The molecular weight excluding hydrogens is 452 g/mol. The van der Waals surface area contributed by atoms with Gasteiger partial charge in [0.15, 0.2) is 5.69 Å². The number of fused-ring (bicyclic) bond motifs is 1. The van der Waals surface area contributed by atoms with E-state index >= 15 is 0 Å². The van der Waals surface area contributed by atoms with Crippen LogP contribution in [0.25, 0.3) is 0 Å². The molecule has 0 spiro atoms. The van der Waals surface area contributed by atoms with Gasteiger partial charge in [0.05, 0.1) is 23.3 Å². The number of methoxy groups -OCH3 is 1. The fourth-order valence-corrected chi connectivity index (χ4v) is 5.23. The van der Waals surface area contributed by atoms with E-state index in [0.717, 1.165) is 42.5 Å².